The molecule has 0 atom stereocenters. The van der Waals surface area contributed by atoms with Gasteiger partial charge >= 0.3 is 0 Å². The van der Waals surface area contributed by atoms with Crippen LogP contribution >= 0.6 is 0 Å². The van der Waals surface area contributed by atoms with Crippen molar-refractivity contribution in [3.63, 3.8) is 0 Å². The predicted molar refractivity (Wildman–Crippen MR) is 124 cm³/mol. The third kappa shape index (κ3) is 3.90. The lowest BCUT2D eigenvalue weighted by Gasteiger charge is -2.10. The van der Waals surface area contributed by atoms with Crippen LogP contribution in [-0.2, 0) is 0 Å². The van der Waals surface area contributed by atoms with E-state index in [4.69, 9.17) is 4.42 Å². The number of nitrogens with zero attached hydrogens (tertiary/aromatic N) is 3. The maximum Gasteiger partial charge on any atom is 0.261 e. The fourth-order valence-electron chi connectivity index (χ4n) is 3.59. The van der Waals surface area contributed by atoms with Crippen LogP contribution in [0.15, 0.2) is 83.7 Å². The highest BCUT2D eigenvalue weighted by Crippen LogP contribution is 2.24. The Morgan fingerprint density at radius 3 is 2.53 bits per heavy atom. The van der Waals surface area contributed by atoms with E-state index in [-0.39, 0.29) is 11.3 Å². The van der Waals surface area contributed by atoms with E-state index < -0.39 is 17.6 Å². The minimum atomic E-state index is -0.641. The molecule has 0 bridgehead atoms. The zero-order valence-electron chi connectivity index (χ0n) is 17.9. The molecule has 2 amide bonds. The van der Waals surface area contributed by atoms with Gasteiger partial charge in [0.2, 0.25) is 0 Å². The monoisotopic (exact) mass is 455 g/mol. The SMILES string of the molecule is Cc1occc1C(=O)Nc1cc(NC(=O)c2cnn3c(-c4ccccc4)ccnc23)ccc1F. The van der Waals surface area contributed by atoms with Crippen molar-refractivity contribution in [2.24, 2.45) is 0 Å². The topological polar surface area (TPSA) is 102 Å². The number of furan rings is 1. The van der Waals surface area contributed by atoms with Crippen LogP contribution in [0.1, 0.15) is 26.5 Å². The number of amides is 2. The Balaban J connectivity index is 1.40. The van der Waals surface area contributed by atoms with E-state index in [1.54, 1.807) is 17.6 Å². The van der Waals surface area contributed by atoms with Gasteiger partial charge in [0.15, 0.2) is 5.65 Å². The van der Waals surface area contributed by atoms with Crippen LogP contribution in [0.5, 0.6) is 0 Å². The average molecular weight is 455 g/mol. The van der Waals surface area contributed by atoms with E-state index in [2.05, 4.69) is 20.7 Å². The summed E-state index contributed by atoms with van der Waals surface area (Å²) in [5.74, 6) is -1.22. The second-order valence-corrected chi connectivity index (χ2v) is 7.48. The summed E-state index contributed by atoms with van der Waals surface area (Å²) >= 11 is 0. The summed E-state index contributed by atoms with van der Waals surface area (Å²) in [6.07, 6.45) is 4.42. The summed E-state index contributed by atoms with van der Waals surface area (Å²) < 4.78 is 21.0. The van der Waals surface area contributed by atoms with Gasteiger partial charge in [0, 0.05) is 17.4 Å². The van der Waals surface area contributed by atoms with E-state index in [1.165, 1.54) is 30.7 Å². The fraction of sp³-hybridized carbons (Fsp3) is 0.0400. The first-order chi connectivity index (χ1) is 16.5. The minimum absolute atomic E-state index is 0.0762. The zero-order valence-corrected chi connectivity index (χ0v) is 17.9. The summed E-state index contributed by atoms with van der Waals surface area (Å²) in [5.41, 5.74) is 2.85. The normalized spacial score (nSPS) is 10.9. The Morgan fingerprint density at radius 2 is 1.76 bits per heavy atom. The summed E-state index contributed by atoms with van der Waals surface area (Å²) in [5, 5.41) is 9.55. The quantitative estimate of drug-likeness (QED) is 0.391. The Hall–Kier alpha value is -4.79. The van der Waals surface area contributed by atoms with Crippen LogP contribution in [0, 0.1) is 12.7 Å². The first kappa shape index (κ1) is 21.1. The first-order valence-corrected chi connectivity index (χ1v) is 10.4. The number of halogens is 1. The molecule has 0 radical (unpaired) electrons. The van der Waals surface area contributed by atoms with Gasteiger partial charge in [-0.3, -0.25) is 9.59 Å². The lowest BCUT2D eigenvalue weighted by atomic mass is 10.1. The highest BCUT2D eigenvalue weighted by molar-refractivity contribution is 6.09. The number of rotatable bonds is 5. The van der Waals surface area contributed by atoms with Gasteiger partial charge in [0.1, 0.15) is 17.1 Å². The number of aromatic nitrogens is 3. The summed E-state index contributed by atoms with van der Waals surface area (Å²) in [4.78, 5) is 29.7. The van der Waals surface area contributed by atoms with Gasteiger partial charge in [0.05, 0.1) is 29.4 Å². The van der Waals surface area contributed by atoms with Crippen molar-refractivity contribution < 1.29 is 18.4 Å². The van der Waals surface area contributed by atoms with Crippen molar-refractivity contribution in [1.29, 1.82) is 0 Å². The molecule has 168 valence electrons. The van der Waals surface area contributed by atoms with Crippen LogP contribution in [0.25, 0.3) is 16.9 Å². The molecule has 5 aromatic rings. The molecular formula is C25H18FN5O3. The number of nitrogens with one attached hydrogen (secondary N) is 2. The van der Waals surface area contributed by atoms with Crippen LogP contribution in [0.2, 0.25) is 0 Å². The predicted octanol–water partition coefficient (Wildman–Crippen LogP) is 4.94. The molecule has 2 aromatic carbocycles. The molecule has 34 heavy (non-hydrogen) atoms. The molecule has 3 heterocycles. The molecule has 0 spiro atoms. The molecule has 0 aliphatic carbocycles. The van der Waals surface area contributed by atoms with Crippen molar-refractivity contribution in [1.82, 2.24) is 14.6 Å². The van der Waals surface area contributed by atoms with Crippen LogP contribution in [0.4, 0.5) is 15.8 Å². The Bertz CT molecular complexity index is 1520. The molecule has 0 aliphatic rings. The third-order valence-electron chi connectivity index (χ3n) is 5.29. The lowest BCUT2D eigenvalue weighted by Crippen LogP contribution is -2.15. The molecule has 0 aliphatic heterocycles. The Morgan fingerprint density at radius 1 is 0.971 bits per heavy atom. The van der Waals surface area contributed by atoms with E-state index in [0.717, 1.165) is 17.3 Å². The second kappa shape index (κ2) is 8.62. The highest BCUT2D eigenvalue weighted by Gasteiger charge is 2.18. The average Bonchev–Trinajstić information content (AvgIpc) is 3.48. The van der Waals surface area contributed by atoms with Gasteiger partial charge in [-0.2, -0.15) is 5.10 Å². The van der Waals surface area contributed by atoms with Crippen molar-refractivity contribution in [2.45, 2.75) is 6.92 Å². The lowest BCUT2D eigenvalue weighted by molar-refractivity contribution is 0.101. The summed E-state index contributed by atoms with van der Waals surface area (Å²) in [6, 6.07) is 16.8. The van der Waals surface area contributed by atoms with Gasteiger partial charge in [0.25, 0.3) is 11.8 Å². The Labute approximate surface area is 193 Å². The van der Waals surface area contributed by atoms with E-state index in [0.29, 0.717) is 22.7 Å². The van der Waals surface area contributed by atoms with Gasteiger partial charge in [-0.05, 0) is 37.3 Å². The molecule has 0 saturated heterocycles. The maximum atomic E-state index is 14.3. The summed E-state index contributed by atoms with van der Waals surface area (Å²) in [6.45, 7) is 1.63. The summed E-state index contributed by atoms with van der Waals surface area (Å²) in [7, 11) is 0. The highest BCUT2D eigenvalue weighted by atomic mass is 19.1. The number of fused-ring (bicyclic) bond motifs is 1. The van der Waals surface area contributed by atoms with Gasteiger partial charge < -0.3 is 15.1 Å². The van der Waals surface area contributed by atoms with Crippen LogP contribution < -0.4 is 10.6 Å². The molecule has 2 N–H and O–H groups in total. The van der Waals surface area contributed by atoms with Gasteiger partial charge in [-0.25, -0.2) is 13.9 Å². The van der Waals surface area contributed by atoms with Crippen LogP contribution in [0.3, 0.4) is 0 Å². The molecule has 3 aromatic heterocycles. The fourth-order valence-corrected chi connectivity index (χ4v) is 3.59. The van der Waals surface area contributed by atoms with E-state index in [9.17, 15) is 14.0 Å². The third-order valence-corrected chi connectivity index (χ3v) is 5.29. The van der Waals surface area contributed by atoms with Gasteiger partial charge in [-0.1, -0.05) is 30.3 Å². The number of carbonyl (C=O) groups excluding carboxylic acids is 2. The molecule has 8 nitrogen and oxygen atoms in total. The number of carbonyl (C=O) groups is 2. The number of anilines is 2. The molecule has 5 rings (SSSR count). The van der Waals surface area contributed by atoms with Crippen molar-refractivity contribution in [2.75, 3.05) is 10.6 Å². The second-order valence-electron chi connectivity index (χ2n) is 7.48. The largest absolute Gasteiger partial charge is 0.469 e. The molecule has 0 saturated carbocycles. The van der Waals surface area contributed by atoms with Crippen molar-refractivity contribution in [3.05, 3.63) is 102 Å². The standard InChI is InChI=1S/C25H18FN5O3/c1-15-18(10-12-34-15)24(32)30-21-13-17(7-8-20(21)26)29-25(33)19-14-28-31-22(9-11-27-23(19)31)16-5-3-2-4-6-16/h2-14H,1H3,(H,29,33)(H,30,32). The van der Waals surface area contributed by atoms with Crippen LogP contribution in [-0.4, -0.2) is 26.4 Å². The molecule has 9 heteroatoms. The molecule has 0 fully saturated rings. The van der Waals surface area contributed by atoms with Gasteiger partial charge in [-0.15, -0.1) is 0 Å². The van der Waals surface area contributed by atoms with E-state index in [1.807, 2.05) is 36.4 Å². The van der Waals surface area contributed by atoms with E-state index >= 15 is 0 Å². The number of benzene rings is 2. The zero-order chi connectivity index (χ0) is 23.7. The van der Waals surface area contributed by atoms with Crippen molar-refractivity contribution in [3.8, 4) is 11.3 Å². The molecular weight excluding hydrogens is 437 g/mol. The minimum Gasteiger partial charge on any atom is -0.469 e. The smallest absolute Gasteiger partial charge is 0.261 e. The number of hydrogen-bond donors (Lipinski definition) is 2. The first-order valence-electron chi connectivity index (χ1n) is 10.4. The number of aryl methyl sites for hydroxylation is 1. The number of hydrogen-bond acceptors (Lipinski definition) is 5. The maximum absolute atomic E-state index is 14.3. The molecule has 0 unspecified atom stereocenters. The Kier molecular flexibility index (Phi) is 5.35. The van der Waals surface area contributed by atoms with Crippen molar-refractivity contribution >= 4 is 28.8 Å².